The molecule has 3 saturated carbocycles. The number of allylic oxidation sites excluding steroid dienone is 1. The van der Waals surface area contributed by atoms with Crippen molar-refractivity contribution in [1.82, 2.24) is 4.90 Å². The van der Waals surface area contributed by atoms with Gasteiger partial charge in [-0.2, -0.15) is 0 Å². The summed E-state index contributed by atoms with van der Waals surface area (Å²) in [5.74, 6) is 1.40. The van der Waals surface area contributed by atoms with Gasteiger partial charge in [-0.25, -0.2) is 0 Å². The van der Waals surface area contributed by atoms with Crippen LogP contribution in [0.15, 0.2) is 16.8 Å². The average molecular weight is 431 g/mol. The Bertz CT molecular complexity index is 730. The van der Waals surface area contributed by atoms with Crippen LogP contribution in [0, 0.1) is 28.6 Å². The number of aliphatic hydroxyl groups is 2. The van der Waals surface area contributed by atoms with Crippen LogP contribution in [-0.4, -0.2) is 59.3 Å². The van der Waals surface area contributed by atoms with E-state index in [-0.39, 0.29) is 23.0 Å². The topological polar surface area (TPSA) is 65.3 Å². The molecule has 0 unspecified atom stereocenters. The molecule has 1 heterocycles. The molecule has 4 aliphatic carbocycles. The van der Waals surface area contributed by atoms with Crippen LogP contribution in [0.25, 0.3) is 0 Å². The van der Waals surface area contributed by atoms with E-state index in [1.807, 2.05) is 0 Å². The molecule has 1 saturated heterocycles. The van der Waals surface area contributed by atoms with Crippen LogP contribution in [0.1, 0.15) is 78.1 Å². The number of piperidine rings is 1. The van der Waals surface area contributed by atoms with Gasteiger partial charge in [0.2, 0.25) is 0 Å². The van der Waals surface area contributed by atoms with Crippen LogP contribution in [0.2, 0.25) is 0 Å². The first-order chi connectivity index (χ1) is 14.9. The average Bonchev–Trinajstić information content (AvgIpc) is 3.07. The van der Waals surface area contributed by atoms with Gasteiger partial charge in [-0.1, -0.05) is 31.0 Å². The van der Waals surface area contributed by atoms with Crippen molar-refractivity contribution < 1.29 is 15.1 Å². The summed E-state index contributed by atoms with van der Waals surface area (Å²) in [6.07, 6.45) is 12.8. The van der Waals surface area contributed by atoms with E-state index in [2.05, 4.69) is 24.8 Å². The molecule has 1 aliphatic heterocycles. The predicted molar refractivity (Wildman–Crippen MR) is 123 cm³/mol. The zero-order valence-corrected chi connectivity index (χ0v) is 19.6. The standard InChI is InChI=1S/C26H42N2O3/c1-25-10-8-19(29)16-18(25)17-22(27-31-15-14-28-12-4-3-5-13-28)24-20-6-7-23(30)26(20,2)11-9-21(24)25/h17,19-21,23-24,29-30H,3-16H2,1-2H3/b27-22+/t19-,20-,21-,23-,24-,25-,26-/m0/s1. The van der Waals surface area contributed by atoms with Crippen molar-refractivity contribution in [2.45, 2.75) is 90.3 Å². The lowest BCUT2D eigenvalue weighted by Gasteiger charge is -2.57. The van der Waals surface area contributed by atoms with Crippen LogP contribution >= 0.6 is 0 Å². The summed E-state index contributed by atoms with van der Waals surface area (Å²) in [6.45, 7) is 8.72. The van der Waals surface area contributed by atoms with Crippen LogP contribution in [0.3, 0.4) is 0 Å². The van der Waals surface area contributed by atoms with Gasteiger partial charge in [-0.15, -0.1) is 0 Å². The van der Waals surface area contributed by atoms with Gasteiger partial charge in [-0.3, -0.25) is 4.90 Å². The summed E-state index contributed by atoms with van der Waals surface area (Å²) < 4.78 is 0. The van der Waals surface area contributed by atoms with Crippen molar-refractivity contribution in [2.24, 2.45) is 33.7 Å². The third kappa shape index (κ3) is 3.79. The summed E-state index contributed by atoms with van der Waals surface area (Å²) in [5.41, 5.74) is 2.64. The van der Waals surface area contributed by atoms with E-state index in [1.165, 1.54) is 37.9 Å². The van der Waals surface area contributed by atoms with Gasteiger partial charge in [0, 0.05) is 12.5 Å². The monoisotopic (exact) mass is 430 g/mol. The van der Waals surface area contributed by atoms with Gasteiger partial charge in [0.15, 0.2) is 0 Å². The minimum absolute atomic E-state index is 0.00558. The molecule has 174 valence electrons. The number of fused-ring (bicyclic) bond motifs is 5. The van der Waals surface area contributed by atoms with Gasteiger partial charge in [-0.05, 0) is 99.6 Å². The van der Waals surface area contributed by atoms with Crippen LogP contribution in [0.4, 0.5) is 0 Å². The number of hydrogen-bond acceptors (Lipinski definition) is 5. The largest absolute Gasteiger partial charge is 0.394 e. The summed E-state index contributed by atoms with van der Waals surface area (Å²) in [6, 6.07) is 0. The third-order valence-corrected chi connectivity index (χ3v) is 10.0. The fourth-order valence-electron chi connectivity index (χ4n) is 7.94. The molecule has 0 aromatic carbocycles. The van der Waals surface area contributed by atoms with Gasteiger partial charge < -0.3 is 15.1 Å². The summed E-state index contributed by atoms with van der Waals surface area (Å²) in [4.78, 5) is 8.44. The van der Waals surface area contributed by atoms with Crippen molar-refractivity contribution >= 4 is 5.71 Å². The SMILES string of the molecule is C[C@]12CC[C@H]3[C@@H](/C(=N/OCCN4CCCCC4)C=C4C[C@@H](O)CC[C@@]43C)[C@@H]1CC[C@@H]2O. The van der Waals surface area contributed by atoms with E-state index < -0.39 is 0 Å². The molecule has 31 heavy (non-hydrogen) atoms. The smallest absolute Gasteiger partial charge is 0.129 e. The van der Waals surface area contributed by atoms with E-state index in [1.54, 1.807) is 0 Å². The highest BCUT2D eigenvalue weighted by atomic mass is 16.6. The van der Waals surface area contributed by atoms with E-state index in [0.717, 1.165) is 57.2 Å². The van der Waals surface area contributed by atoms with Crippen LogP contribution in [0.5, 0.6) is 0 Å². The maximum Gasteiger partial charge on any atom is 0.129 e. The molecule has 7 atom stereocenters. The second kappa shape index (κ2) is 8.46. The zero-order valence-electron chi connectivity index (χ0n) is 19.6. The molecule has 0 bridgehead atoms. The normalized spacial score (nSPS) is 46.8. The van der Waals surface area contributed by atoms with Crippen molar-refractivity contribution in [3.63, 3.8) is 0 Å². The Kier molecular flexibility index (Phi) is 5.98. The number of aliphatic hydroxyl groups excluding tert-OH is 2. The van der Waals surface area contributed by atoms with E-state index in [0.29, 0.717) is 24.4 Å². The highest BCUT2D eigenvalue weighted by Crippen LogP contribution is 2.64. The minimum atomic E-state index is -0.223. The Morgan fingerprint density at radius 2 is 1.84 bits per heavy atom. The Labute approximate surface area is 187 Å². The second-order valence-corrected chi connectivity index (χ2v) is 11.6. The number of hydrogen-bond donors (Lipinski definition) is 2. The van der Waals surface area contributed by atoms with Gasteiger partial charge in [0.25, 0.3) is 0 Å². The highest BCUT2D eigenvalue weighted by molar-refractivity contribution is 5.99. The molecule has 0 aromatic heterocycles. The van der Waals surface area contributed by atoms with Crippen LogP contribution in [-0.2, 0) is 4.84 Å². The first kappa shape index (κ1) is 21.9. The quantitative estimate of drug-likeness (QED) is 0.520. The summed E-state index contributed by atoms with van der Waals surface area (Å²) in [5, 5.41) is 26.0. The molecule has 2 N–H and O–H groups in total. The number of likely N-dealkylation sites (tertiary alicyclic amines) is 1. The fourth-order valence-corrected chi connectivity index (χ4v) is 7.94. The lowest BCUT2D eigenvalue weighted by Crippen LogP contribution is -2.54. The predicted octanol–water partition coefficient (Wildman–Crippen LogP) is 4.14. The first-order valence-electron chi connectivity index (χ1n) is 12.9. The molecule has 0 radical (unpaired) electrons. The summed E-state index contributed by atoms with van der Waals surface area (Å²) in [7, 11) is 0. The number of nitrogens with zero attached hydrogens (tertiary/aromatic N) is 2. The minimum Gasteiger partial charge on any atom is -0.394 e. The zero-order chi connectivity index (χ0) is 21.6. The second-order valence-electron chi connectivity index (χ2n) is 11.6. The number of oxime groups is 1. The maximum atomic E-state index is 10.8. The summed E-state index contributed by atoms with van der Waals surface area (Å²) >= 11 is 0. The Balaban J connectivity index is 1.40. The van der Waals surface area contributed by atoms with Crippen molar-refractivity contribution in [3.05, 3.63) is 11.6 Å². The highest BCUT2D eigenvalue weighted by Gasteiger charge is 2.60. The molecule has 0 aromatic rings. The maximum absolute atomic E-state index is 10.8. The molecule has 5 nitrogen and oxygen atoms in total. The Morgan fingerprint density at radius 1 is 1.03 bits per heavy atom. The Morgan fingerprint density at radius 3 is 2.65 bits per heavy atom. The van der Waals surface area contributed by atoms with Gasteiger partial charge in [0.1, 0.15) is 6.61 Å². The molecule has 5 heteroatoms. The lowest BCUT2D eigenvalue weighted by molar-refractivity contribution is -0.0495. The first-order valence-corrected chi connectivity index (χ1v) is 12.9. The van der Waals surface area contributed by atoms with E-state index in [9.17, 15) is 10.2 Å². The molecule has 4 fully saturated rings. The van der Waals surface area contributed by atoms with E-state index >= 15 is 0 Å². The Hall–Kier alpha value is -0.910. The van der Waals surface area contributed by atoms with Gasteiger partial charge in [0.05, 0.1) is 17.9 Å². The third-order valence-electron chi connectivity index (χ3n) is 10.0. The fraction of sp³-hybridized carbons (Fsp3) is 0.885. The van der Waals surface area contributed by atoms with Crippen molar-refractivity contribution in [3.8, 4) is 0 Å². The molecule has 0 spiro atoms. The molecule has 5 aliphatic rings. The van der Waals surface area contributed by atoms with Gasteiger partial charge >= 0.3 is 0 Å². The van der Waals surface area contributed by atoms with Crippen molar-refractivity contribution in [1.29, 1.82) is 0 Å². The van der Waals surface area contributed by atoms with Crippen LogP contribution < -0.4 is 0 Å². The molecular weight excluding hydrogens is 388 g/mol. The van der Waals surface area contributed by atoms with E-state index in [4.69, 9.17) is 9.99 Å². The molecule has 5 rings (SSSR count). The van der Waals surface area contributed by atoms with Crippen molar-refractivity contribution in [2.75, 3.05) is 26.2 Å². The molecule has 0 amide bonds. The number of rotatable bonds is 4. The lowest BCUT2D eigenvalue weighted by atomic mass is 9.47. The molecular formula is C26H42N2O3.